The monoisotopic (exact) mass is 411 g/mol. The Hall–Kier alpha value is -1.85. The maximum Gasteiger partial charge on any atom is 0.102 e. The van der Waals surface area contributed by atoms with Gasteiger partial charge in [0.2, 0.25) is 0 Å². The molecule has 0 aromatic heterocycles. The quantitative estimate of drug-likeness (QED) is 0.631. The van der Waals surface area contributed by atoms with E-state index in [4.69, 9.17) is 10.7 Å². The molecule has 1 saturated heterocycles. The molecule has 1 aromatic carbocycles. The molecule has 0 bridgehead atoms. The number of amidine groups is 1. The summed E-state index contributed by atoms with van der Waals surface area (Å²) in [6.45, 7) is 13.5. The molecule has 5 heteroatoms. The number of nitrogens with zero attached hydrogens (tertiary/aromatic N) is 3. The van der Waals surface area contributed by atoms with E-state index in [1.54, 1.807) is 0 Å². The van der Waals surface area contributed by atoms with Crippen LogP contribution in [-0.2, 0) is 0 Å². The van der Waals surface area contributed by atoms with E-state index in [0.717, 1.165) is 48.2 Å². The predicted molar refractivity (Wildman–Crippen MR) is 130 cm³/mol. The molecule has 166 valence electrons. The number of aryl methyl sites for hydroxylation is 1. The van der Waals surface area contributed by atoms with Gasteiger partial charge in [-0.05, 0) is 89.8 Å². The van der Waals surface area contributed by atoms with Gasteiger partial charge in [-0.3, -0.25) is 4.90 Å². The summed E-state index contributed by atoms with van der Waals surface area (Å²) in [5.74, 6) is 1.94. The number of nitrogens with two attached hydrogens (primary N) is 1. The van der Waals surface area contributed by atoms with Crippen LogP contribution in [0, 0.1) is 12.8 Å². The minimum Gasteiger partial charge on any atom is -0.398 e. The maximum atomic E-state index is 6.32. The second kappa shape index (κ2) is 10.5. The van der Waals surface area contributed by atoms with E-state index in [0.29, 0.717) is 12.1 Å². The summed E-state index contributed by atoms with van der Waals surface area (Å²) in [4.78, 5) is 10.2. The van der Waals surface area contributed by atoms with E-state index in [2.05, 4.69) is 68.1 Å². The zero-order valence-electron chi connectivity index (χ0n) is 19.6. The summed E-state index contributed by atoms with van der Waals surface area (Å²) in [6.07, 6.45) is 7.18. The second-order valence-electron chi connectivity index (χ2n) is 9.03. The summed E-state index contributed by atoms with van der Waals surface area (Å²) in [5.41, 5.74) is 10.4. The predicted octanol–water partition coefficient (Wildman–Crippen LogP) is 4.14. The number of benzene rings is 1. The Bertz CT molecular complexity index is 761. The highest BCUT2D eigenvalue weighted by Gasteiger charge is 2.29. The Morgan fingerprint density at radius 3 is 2.53 bits per heavy atom. The number of hydrogen-bond donors (Lipinski definition) is 2. The first-order valence-corrected chi connectivity index (χ1v) is 11.8. The smallest absolute Gasteiger partial charge is 0.102 e. The van der Waals surface area contributed by atoms with Crippen molar-refractivity contribution in [3.63, 3.8) is 0 Å². The highest BCUT2D eigenvalue weighted by atomic mass is 15.3. The molecule has 2 atom stereocenters. The minimum absolute atomic E-state index is 0.370. The van der Waals surface area contributed by atoms with E-state index in [1.165, 1.54) is 37.9 Å². The fourth-order valence-corrected chi connectivity index (χ4v) is 5.00. The molecule has 30 heavy (non-hydrogen) atoms. The van der Waals surface area contributed by atoms with Crippen LogP contribution in [0.1, 0.15) is 57.6 Å². The first-order valence-electron chi connectivity index (χ1n) is 11.8. The van der Waals surface area contributed by atoms with E-state index < -0.39 is 0 Å². The minimum atomic E-state index is 0.370. The molecular weight excluding hydrogens is 370 g/mol. The van der Waals surface area contributed by atoms with Crippen LogP contribution in [0.15, 0.2) is 29.3 Å². The van der Waals surface area contributed by atoms with Gasteiger partial charge in [0.15, 0.2) is 0 Å². The van der Waals surface area contributed by atoms with E-state index in [1.807, 2.05) is 6.07 Å². The number of piperidine rings is 1. The number of aliphatic imine (C=N–C) groups is 1. The van der Waals surface area contributed by atoms with Gasteiger partial charge in [-0.1, -0.05) is 26.0 Å². The van der Waals surface area contributed by atoms with Gasteiger partial charge in [0.1, 0.15) is 5.84 Å². The van der Waals surface area contributed by atoms with Crippen LogP contribution in [0.3, 0.4) is 0 Å². The third kappa shape index (κ3) is 5.25. The molecule has 2 aliphatic rings. The van der Waals surface area contributed by atoms with Crippen LogP contribution in [0.2, 0.25) is 0 Å². The Balaban J connectivity index is 1.72. The third-order valence-electron chi connectivity index (χ3n) is 6.89. The lowest BCUT2D eigenvalue weighted by Crippen LogP contribution is -2.51. The van der Waals surface area contributed by atoms with Gasteiger partial charge in [-0.15, -0.1) is 0 Å². The molecule has 1 aromatic rings. The second-order valence-corrected chi connectivity index (χ2v) is 9.03. The van der Waals surface area contributed by atoms with Gasteiger partial charge in [-0.25, -0.2) is 4.99 Å². The van der Waals surface area contributed by atoms with Crippen LogP contribution >= 0.6 is 0 Å². The Morgan fingerprint density at radius 2 is 1.93 bits per heavy atom. The van der Waals surface area contributed by atoms with Crippen molar-refractivity contribution in [2.45, 2.75) is 65.5 Å². The summed E-state index contributed by atoms with van der Waals surface area (Å²) < 4.78 is 0. The first kappa shape index (κ1) is 22.8. The first-order chi connectivity index (χ1) is 14.5. The number of likely N-dealkylation sites (tertiary alicyclic amines) is 1. The van der Waals surface area contributed by atoms with Crippen molar-refractivity contribution in [2.24, 2.45) is 10.9 Å². The molecule has 1 fully saturated rings. The number of nitrogens with one attached hydrogen (secondary N) is 1. The van der Waals surface area contributed by atoms with Gasteiger partial charge < -0.3 is 16.0 Å². The standard InChI is InChI=1S/C25H41N5/c1-6-21-15-25(23-9-8-18(3)14-24(23)26)28-19(4)30(21)17-22(7-2)29-12-10-20(11-13-29)16-27-5/h8-9,14-15,20-22,27H,6-7,10-13,16-17,26H2,1-5H3. The molecule has 0 radical (unpaired) electrons. The van der Waals surface area contributed by atoms with Crippen molar-refractivity contribution in [1.29, 1.82) is 0 Å². The van der Waals surface area contributed by atoms with Gasteiger partial charge in [0, 0.05) is 23.8 Å². The molecule has 2 heterocycles. The molecular formula is C25H41N5. The van der Waals surface area contributed by atoms with E-state index in [-0.39, 0.29) is 0 Å². The summed E-state index contributed by atoms with van der Waals surface area (Å²) >= 11 is 0. The van der Waals surface area contributed by atoms with Gasteiger partial charge in [-0.2, -0.15) is 0 Å². The van der Waals surface area contributed by atoms with Crippen molar-refractivity contribution >= 4 is 17.2 Å². The van der Waals surface area contributed by atoms with Gasteiger partial charge in [0.25, 0.3) is 0 Å². The normalized spacial score (nSPS) is 22.0. The van der Waals surface area contributed by atoms with Crippen LogP contribution in [0.25, 0.3) is 5.70 Å². The van der Waals surface area contributed by atoms with Crippen molar-refractivity contribution in [1.82, 2.24) is 15.1 Å². The van der Waals surface area contributed by atoms with E-state index >= 15 is 0 Å². The largest absolute Gasteiger partial charge is 0.398 e. The molecule has 0 spiro atoms. The SMILES string of the molecule is CCC(CN1C(C)=NC(c2ccc(C)cc2N)=CC1CC)N1CCC(CNC)CC1. The summed E-state index contributed by atoms with van der Waals surface area (Å²) in [5, 5.41) is 3.35. The topological polar surface area (TPSA) is 56.9 Å². The maximum absolute atomic E-state index is 6.32. The highest BCUT2D eigenvalue weighted by molar-refractivity contribution is 5.90. The molecule has 0 saturated carbocycles. The molecule has 3 N–H and O–H groups in total. The molecule has 2 unspecified atom stereocenters. The van der Waals surface area contributed by atoms with Crippen LogP contribution < -0.4 is 11.1 Å². The summed E-state index contributed by atoms with van der Waals surface area (Å²) in [6, 6.07) is 7.22. The zero-order valence-corrected chi connectivity index (χ0v) is 19.6. The Labute approximate surface area is 183 Å². The third-order valence-corrected chi connectivity index (χ3v) is 6.89. The van der Waals surface area contributed by atoms with Crippen LogP contribution in [0.5, 0.6) is 0 Å². The number of hydrogen-bond acceptors (Lipinski definition) is 5. The average molecular weight is 412 g/mol. The lowest BCUT2D eigenvalue weighted by molar-refractivity contribution is 0.107. The van der Waals surface area contributed by atoms with Crippen molar-refractivity contribution in [2.75, 3.05) is 39.0 Å². The number of anilines is 1. The fraction of sp³-hybridized carbons (Fsp3) is 0.640. The average Bonchev–Trinajstić information content (AvgIpc) is 2.73. The molecule has 0 amide bonds. The van der Waals surface area contributed by atoms with Crippen LogP contribution in [-0.4, -0.2) is 60.9 Å². The fourth-order valence-electron chi connectivity index (χ4n) is 5.00. The van der Waals surface area contributed by atoms with Crippen molar-refractivity contribution < 1.29 is 0 Å². The zero-order chi connectivity index (χ0) is 21.7. The highest BCUT2D eigenvalue weighted by Crippen LogP contribution is 2.30. The van der Waals surface area contributed by atoms with E-state index in [9.17, 15) is 0 Å². The lowest BCUT2D eigenvalue weighted by atomic mass is 9.95. The lowest BCUT2D eigenvalue weighted by Gasteiger charge is -2.42. The number of nitrogen functional groups attached to an aromatic ring is 1. The molecule has 3 rings (SSSR count). The van der Waals surface area contributed by atoms with Crippen LogP contribution in [0.4, 0.5) is 5.69 Å². The Morgan fingerprint density at radius 1 is 1.20 bits per heavy atom. The van der Waals surface area contributed by atoms with Gasteiger partial charge in [0.05, 0.1) is 11.7 Å². The summed E-state index contributed by atoms with van der Waals surface area (Å²) in [7, 11) is 2.07. The number of rotatable bonds is 8. The Kier molecular flexibility index (Phi) is 7.95. The van der Waals surface area contributed by atoms with Crippen molar-refractivity contribution in [3.8, 4) is 0 Å². The molecule has 5 nitrogen and oxygen atoms in total. The van der Waals surface area contributed by atoms with Gasteiger partial charge >= 0.3 is 0 Å². The molecule has 2 aliphatic heterocycles. The molecule has 0 aliphatic carbocycles. The van der Waals surface area contributed by atoms with Crippen molar-refractivity contribution in [3.05, 3.63) is 35.4 Å².